The van der Waals surface area contributed by atoms with Gasteiger partial charge in [0.15, 0.2) is 0 Å². The summed E-state index contributed by atoms with van der Waals surface area (Å²) in [5, 5.41) is 10.2. The molecule has 0 bridgehead atoms. The average Bonchev–Trinajstić information content (AvgIpc) is 3.02. The van der Waals surface area contributed by atoms with Crippen molar-refractivity contribution in [3.8, 4) is 5.75 Å². The molecular formula is C12H10FNOS. The summed E-state index contributed by atoms with van der Waals surface area (Å²) in [5.41, 5.74) is 1.31. The monoisotopic (exact) mass is 235 g/mol. The molecule has 1 heterocycles. The summed E-state index contributed by atoms with van der Waals surface area (Å²) in [7, 11) is 0. The van der Waals surface area contributed by atoms with Crippen LogP contribution in [0.25, 0.3) is 10.9 Å². The molecule has 1 aromatic heterocycles. The van der Waals surface area contributed by atoms with Crippen LogP contribution in [0.3, 0.4) is 0 Å². The Hall–Kier alpha value is -1.29. The van der Waals surface area contributed by atoms with Crippen molar-refractivity contribution in [2.45, 2.75) is 23.7 Å². The maximum Gasteiger partial charge on any atom is 0.145 e. The number of hydrogen-bond donors (Lipinski definition) is 2. The minimum Gasteiger partial charge on any atom is -0.508 e. The second-order valence-corrected chi connectivity index (χ2v) is 4.63. The van der Waals surface area contributed by atoms with Crippen LogP contribution in [0.2, 0.25) is 0 Å². The van der Waals surface area contributed by atoms with Gasteiger partial charge in [-0.05, 0) is 24.8 Å². The van der Waals surface area contributed by atoms with Gasteiger partial charge in [0.25, 0.3) is 0 Å². The smallest absolute Gasteiger partial charge is 0.145 e. The number of fused-ring (bicyclic) bond motifs is 1. The zero-order valence-electron chi connectivity index (χ0n) is 8.44. The van der Waals surface area contributed by atoms with Crippen molar-refractivity contribution in [2.24, 2.45) is 0 Å². The predicted molar refractivity (Wildman–Crippen MR) is 62.6 cm³/mol. The number of thiol groups is 1. The van der Waals surface area contributed by atoms with Gasteiger partial charge in [0.05, 0.1) is 11.7 Å². The van der Waals surface area contributed by atoms with E-state index >= 15 is 0 Å². The Kier molecular flexibility index (Phi) is 2.07. The fourth-order valence-corrected chi connectivity index (χ4v) is 2.43. The van der Waals surface area contributed by atoms with Crippen molar-refractivity contribution >= 4 is 23.5 Å². The summed E-state index contributed by atoms with van der Waals surface area (Å²) in [5.74, 6) is 0.135. The van der Waals surface area contributed by atoms with E-state index in [1.54, 1.807) is 6.07 Å². The molecule has 0 unspecified atom stereocenters. The van der Waals surface area contributed by atoms with Gasteiger partial charge in [0.2, 0.25) is 0 Å². The highest BCUT2D eigenvalue weighted by Gasteiger charge is 2.29. The number of nitrogens with zero attached hydrogens (tertiary/aromatic N) is 1. The number of phenolic OH excluding ortho intramolecular Hbond substituents is 1. The lowest BCUT2D eigenvalue weighted by molar-refractivity contribution is 0.474. The summed E-state index contributed by atoms with van der Waals surface area (Å²) >= 11 is 4.29. The molecule has 1 saturated carbocycles. The Bertz CT molecular complexity index is 581. The first kappa shape index (κ1) is 9.90. The van der Waals surface area contributed by atoms with Gasteiger partial charge in [0, 0.05) is 21.9 Å². The lowest BCUT2D eigenvalue weighted by atomic mass is 10.0. The highest BCUT2D eigenvalue weighted by Crippen LogP contribution is 2.45. The van der Waals surface area contributed by atoms with Crippen LogP contribution in [0.4, 0.5) is 4.39 Å². The molecule has 0 radical (unpaired) electrons. The molecule has 1 aliphatic carbocycles. The number of aromatic hydroxyl groups is 1. The first-order chi connectivity index (χ1) is 7.66. The molecule has 0 aliphatic heterocycles. The molecule has 1 aliphatic rings. The highest BCUT2D eigenvalue weighted by atomic mass is 32.1. The third-order valence-corrected chi connectivity index (χ3v) is 3.26. The average molecular weight is 235 g/mol. The second-order valence-electron chi connectivity index (χ2n) is 4.15. The van der Waals surface area contributed by atoms with Gasteiger partial charge < -0.3 is 5.11 Å². The Balaban J connectivity index is 2.41. The van der Waals surface area contributed by atoms with Crippen molar-refractivity contribution in [2.75, 3.05) is 0 Å². The van der Waals surface area contributed by atoms with E-state index in [0.717, 1.165) is 18.2 Å². The van der Waals surface area contributed by atoms with Gasteiger partial charge in [0.1, 0.15) is 11.6 Å². The van der Waals surface area contributed by atoms with E-state index in [0.29, 0.717) is 21.9 Å². The van der Waals surface area contributed by atoms with Crippen molar-refractivity contribution in [3.05, 3.63) is 29.7 Å². The maximum atomic E-state index is 13.7. The number of pyridine rings is 1. The Morgan fingerprint density at radius 1 is 1.38 bits per heavy atom. The number of phenols is 1. The molecule has 2 nitrogen and oxygen atoms in total. The minimum atomic E-state index is -0.268. The third-order valence-electron chi connectivity index (χ3n) is 2.91. The first-order valence-corrected chi connectivity index (χ1v) is 5.61. The van der Waals surface area contributed by atoms with Gasteiger partial charge in [-0.25, -0.2) is 4.39 Å². The van der Waals surface area contributed by atoms with E-state index in [9.17, 15) is 9.50 Å². The summed E-state index contributed by atoms with van der Waals surface area (Å²) < 4.78 is 13.7. The zero-order valence-corrected chi connectivity index (χ0v) is 9.34. The van der Waals surface area contributed by atoms with Crippen LogP contribution in [0, 0.1) is 5.82 Å². The third kappa shape index (κ3) is 1.45. The van der Waals surface area contributed by atoms with Crippen LogP contribution in [-0.2, 0) is 0 Å². The van der Waals surface area contributed by atoms with Crippen molar-refractivity contribution in [1.29, 1.82) is 0 Å². The number of aromatic nitrogens is 1. The van der Waals surface area contributed by atoms with Gasteiger partial charge in [-0.15, -0.1) is 12.6 Å². The van der Waals surface area contributed by atoms with Crippen molar-refractivity contribution in [1.82, 2.24) is 4.98 Å². The van der Waals surface area contributed by atoms with E-state index in [-0.39, 0.29) is 11.6 Å². The van der Waals surface area contributed by atoms with E-state index < -0.39 is 0 Å². The molecule has 1 N–H and O–H groups in total. The van der Waals surface area contributed by atoms with Gasteiger partial charge in [-0.2, -0.15) is 0 Å². The molecule has 1 fully saturated rings. The molecule has 0 atom stereocenters. The molecule has 4 heteroatoms. The minimum absolute atomic E-state index is 0.110. The quantitative estimate of drug-likeness (QED) is 0.744. The van der Waals surface area contributed by atoms with Crippen LogP contribution < -0.4 is 0 Å². The van der Waals surface area contributed by atoms with Crippen LogP contribution >= 0.6 is 12.6 Å². The van der Waals surface area contributed by atoms with E-state index in [1.807, 2.05) is 0 Å². The fraction of sp³-hybridized carbons (Fsp3) is 0.250. The molecule has 82 valence electrons. The van der Waals surface area contributed by atoms with Crippen LogP contribution in [0.1, 0.15) is 24.3 Å². The number of rotatable bonds is 1. The molecule has 0 spiro atoms. The van der Waals surface area contributed by atoms with E-state index in [4.69, 9.17) is 0 Å². The fourth-order valence-electron chi connectivity index (χ4n) is 2.06. The van der Waals surface area contributed by atoms with Crippen molar-refractivity contribution < 1.29 is 9.50 Å². The lowest BCUT2D eigenvalue weighted by Crippen LogP contribution is -1.93. The summed E-state index contributed by atoms with van der Waals surface area (Å²) in [4.78, 5) is 4.58. The van der Waals surface area contributed by atoms with Crippen LogP contribution in [0.15, 0.2) is 23.2 Å². The molecule has 16 heavy (non-hydrogen) atoms. The lowest BCUT2D eigenvalue weighted by Gasteiger charge is -2.09. The topological polar surface area (TPSA) is 33.1 Å². The Labute approximate surface area is 97.5 Å². The molecule has 3 rings (SSSR count). The number of benzene rings is 1. The van der Waals surface area contributed by atoms with Gasteiger partial charge >= 0.3 is 0 Å². The van der Waals surface area contributed by atoms with E-state index in [1.165, 1.54) is 12.3 Å². The molecule has 0 saturated heterocycles. The summed E-state index contributed by atoms with van der Waals surface area (Å²) in [6.07, 6.45) is 3.26. The first-order valence-electron chi connectivity index (χ1n) is 5.17. The highest BCUT2D eigenvalue weighted by molar-refractivity contribution is 7.80. The van der Waals surface area contributed by atoms with Crippen LogP contribution in [-0.4, -0.2) is 10.1 Å². The van der Waals surface area contributed by atoms with Crippen LogP contribution in [0.5, 0.6) is 5.75 Å². The summed E-state index contributed by atoms with van der Waals surface area (Å²) in [6.45, 7) is 0. The van der Waals surface area contributed by atoms with E-state index in [2.05, 4.69) is 17.6 Å². The molecular weight excluding hydrogens is 225 g/mol. The normalized spacial score (nSPS) is 15.6. The molecule has 0 amide bonds. The second kappa shape index (κ2) is 3.35. The van der Waals surface area contributed by atoms with Gasteiger partial charge in [-0.1, -0.05) is 0 Å². The van der Waals surface area contributed by atoms with Gasteiger partial charge in [-0.3, -0.25) is 4.98 Å². The number of halogens is 1. The zero-order chi connectivity index (χ0) is 11.3. The molecule has 2 aromatic rings. The Morgan fingerprint density at radius 2 is 2.12 bits per heavy atom. The SMILES string of the molecule is Oc1cc(S)c2c(C3CC3)c(F)cnc2c1. The maximum absolute atomic E-state index is 13.7. The predicted octanol–water partition coefficient (Wildman–Crippen LogP) is 3.25. The Morgan fingerprint density at radius 3 is 2.81 bits per heavy atom. The number of hydrogen-bond acceptors (Lipinski definition) is 3. The standard InChI is InChI=1S/C12H10FNOS/c13-8-5-14-9-3-7(15)4-10(16)12(9)11(8)6-1-2-6/h3-6,15-16H,1-2H2. The largest absolute Gasteiger partial charge is 0.508 e. The molecule has 1 aromatic carbocycles. The van der Waals surface area contributed by atoms with Crippen molar-refractivity contribution in [3.63, 3.8) is 0 Å². The summed E-state index contributed by atoms with van der Waals surface area (Å²) in [6, 6.07) is 3.07.